The van der Waals surface area contributed by atoms with Crippen molar-refractivity contribution in [1.29, 1.82) is 0 Å². The van der Waals surface area contributed by atoms with E-state index in [9.17, 15) is 14.7 Å². The predicted molar refractivity (Wildman–Crippen MR) is 97.5 cm³/mol. The van der Waals surface area contributed by atoms with E-state index in [0.717, 1.165) is 33.5 Å². The number of hydrogen-bond donors (Lipinski definition) is 1. The van der Waals surface area contributed by atoms with Crippen LogP contribution in [0.15, 0.2) is 54.6 Å². The molecule has 0 saturated carbocycles. The fraction of sp³-hybridized carbons (Fsp3) is 0.238. The van der Waals surface area contributed by atoms with Gasteiger partial charge in [0.05, 0.1) is 6.42 Å². The molecule has 1 saturated heterocycles. The van der Waals surface area contributed by atoms with E-state index in [1.165, 1.54) is 4.90 Å². The normalized spacial score (nSPS) is 17.3. The molecule has 0 bridgehead atoms. The lowest BCUT2D eigenvalue weighted by atomic mass is 9.94. The number of aliphatic carboxylic acids is 1. The third-order valence-corrected chi connectivity index (χ3v) is 5.07. The Kier molecular flexibility index (Phi) is 3.88. The predicted octanol–water partition coefficient (Wildman–Crippen LogP) is 3.61. The van der Waals surface area contributed by atoms with Crippen molar-refractivity contribution in [3.8, 4) is 0 Å². The Morgan fingerprint density at radius 3 is 2.20 bits per heavy atom. The Balaban J connectivity index is 1.79. The maximum absolute atomic E-state index is 12.9. The number of benzene rings is 3. The molecule has 0 spiro atoms. The summed E-state index contributed by atoms with van der Waals surface area (Å²) in [5, 5.41) is 13.7. The number of amides is 1. The summed E-state index contributed by atoms with van der Waals surface area (Å²) in [5.74, 6) is -1.01. The monoisotopic (exact) mass is 333 g/mol. The Hall–Kier alpha value is -2.88. The van der Waals surface area contributed by atoms with Crippen molar-refractivity contribution in [3.05, 3.63) is 60.2 Å². The molecule has 3 aromatic carbocycles. The quantitative estimate of drug-likeness (QED) is 0.745. The van der Waals surface area contributed by atoms with Gasteiger partial charge in [-0.25, -0.2) is 4.79 Å². The van der Waals surface area contributed by atoms with Gasteiger partial charge in [0, 0.05) is 6.54 Å². The van der Waals surface area contributed by atoms with Crippen LogP contribution in [0.4, 0.5) is 0 Å². The van der Waals surface area contributed by atoms with Crippen molar-refractivity contribution in [2.75, 3.05) is 6.54 Å². The van der Waals surface area contributed by atoms with Gasteiger partial charge in [-0.05, 0) is 46.0 Å². The first kappa shape index (κ1) is 15.6. The number of hydrogen-bond acceptors (Lipinski definition) is 2. The van der Waals surface area contributed by atoms with Gasteiger partial charge in [-0.3, -0.25) is 4.79 Å². The lowest BCUT2D eigenvalue weighted by Crippen LogP contribution is -2.41. The van der Waals surface area contributed by atoms with Gasteiger partial charge in [0.1, 0.15) is 6.04 Å². The number of carbonyl (C=O) groups is 2. The molecule has 1 aliphatic rings. The van der Waals surface area contributed by atoms with E-state index in [2.05, 4.69) is 6.07 Å². The highest BCUT2D eigenvalue weighted by atomic mass is 16.4. The first-order valence-corrected chi connectivity index (χ1v) is 8.57. The Morgan fingerprint density at radius 1 is 1.00 bits per heavy atom. The largest absolute Gasteiger partial charge is 0.480 e. The van der Waals surface area contributed by atoms with E-state index in [-0.39, 0.29) is 12.3 Å². The molecule has 0 radical (unpaired) electrons. The first-order chi connectivity index (χ1) is 12.1. The van der Waals surface area contributed by atoms with Crippen molar-refractivity contribution >= 4 is 33.4 Å². The van der Waals surface area contributed by atoms with E-state index < -0.39 is 12.0 Å². The molecule has 4 nitrogen and oxygen atoms in total. The fourth-order valence-electron chi connectivity index (χ4n) is 3.87. The molecule has 1 heterocycles. The molecule has 0 unspecified atom stereocenters. The van der Waals surface area contributed by atoms with E-state index >= 15 is 0 Å². The third kappa shape index (κ3) is 2.74. The van der Waals surface area contributed by atoms with Crippen LogP contribution in [-0.2, 0) is 16.0 Å². The minimum Gasteiger partial charge on any atom is -0.480 e. The number of carbonyl (C=O) groups excluding carboxylic acids is 1. The molecule has 1 N–H and O–H groups in total. The molecule has 1 atom stereocenters. The van der Waals surface area contributed by atoms with Gasteiger partial charge < -0.3 is 10.0 Å². The van der Waals surface area contributed by atoms with Crippen molar-refractivity contribution in [2.45, 2.75) is 25.3 Å². The molecule has 25 heavy (non-hydrogen) atoms. The lowest BCUT2D eigenvalue weighted by Gasteiger charge is -2.22. The van der Waals surface area contributed by atoms with Gasteiger partial charge in [-0.15, -0.1) is 0 Å². The molecule has 1 aliphatic heterocycles. The maximum Gasteiger partial charge on any atom is 0.326 e. The van der Waals surface area contributed by atoms with Crippen LogP contribution in [0.2, 0.25) is 0 Å². The third-order valence-electron chi connectivity index (χ3n) is 5.07. The number of fused-ring (bicyclic) bond motifs is 2. The molecule has 0 aromatic heterocycles. The maximum atomic E-state index is 12.9. The highest BCUT2D eigenvalue weighted by molar-refractivity contribution is 6.04. The van der Waals surface area contributed by atoms with Crippen LogP contribution < -0.4 is 0 Å². The van der Waals surface area contributed by atoms with Gasteiger partial charge in [-0.2, -0.15) is 0 Å². The number of likely N-dealkylation sites (tertiary alicyclic amines) is 1. The Bertz CT molecular complexity index is 925. The smallest absolute Gasteiger partial charge is 0.326 e. The van der Waals surface area contributed by atoms with Crippen LogP contribution in [-0.4, -0.2) is 34.5 Å². The van der Waals surface area contributed by atoms with E-state index in [1.807, 2.05) is 48.5 Å². The summed E-state index contributed by atoms with van der Waals surface area (Å²) in [4.78, 5) is 25.8. The van der Waals surface area contributed by atoms with Crippen LogP contribution in [0.5, 0.6) is 0 Å². The fourth-order valence-corrected chi connectivity index (χ4v) is 3.87. The summed E-state index contributed by atoms with van der Waals surface area (Å²) in [7, 11) is 0. The van der Waals surface area contributed by atoms with Crippen molar-refractivity contribution in [3.63, 3.8) is 0 Å². The number of carboxylic acids is 1. The number of carboxylic acid groups (broad SMARTS) is 1. The molecular formula is C21H19NO3. The Labute approximate surface area is 145 Å². The highest BCUT2D eigenvalue weighted by Crippen LogP contribution is 2.30. The molecule has 1 fully saturated rings. The SMILES string of the molecule is O=C(O)[C@H]1CCCN1C(=O)Cc1c2ccccc2cc2ccccc12. The summed E-state index contributed by atoms with van der Waals surface area (Å²) in [6.45, 7) is 0.526. The van der Waals surface area contributed by atoms with E-state index in [1.54, 1.807) is 0 Å². The molecule has 1 amide bonds. The zero-order chi connectivity index (χ0) is 17.4. The van der Waals surface area contributed by atoms with Crippen LogP contribution in [0, 0.1) is 0 Å². The lowest BCUT2D eigenvalue weighted by molar-refractivity contribution is -0.147. The zero-order valence-corrected chi connectivity index (χ0v) is 13.8. The summed E-state index contributed by atoms with van der Waals surface area (Å²) >= 11 is 0. The number of nitrogens with zero attached hydrogens (tertiary/aromatic N) is 1. The van der Waals surface area contributed by atoms with Gasteiger partial charge in [0.15, 0.2) is 0 Å². The number of rotatable bonds is 3. The average Bonchev–Trinajstić information content (AvgIpc) is 3.11. The molecule has 4 rings (SSSR count). The molecule has 126 valence electrons. The standard InChI is InChI=1S/C21H19NO3/c23-20(22-11-5-10-19(22)21(24)25)13-18-16-8-3-1-6-14(16)12-15-7-2-4-9-17(15)18/h1-4,6-9,12,19H,5,10-11,13H2,(H,24,25)/t19-/m1/s1. The van der Waals surface area contributed by atoms with E-state index in [4.69, 9.17) is 0 Å². The summed E-state index contributed by atoms with van der Waals surface area (Å²) in [6.07, 6.45) is 1.52. The average molecular weight is 333 g/mol. The topological polar surface area (TPSA) is 57.6 Å². The van der Waals surface area contributed by atoms with Crippen LogP contribution >= 0.6 is 0 Å². The van der Waals surface area contributed by atoms with Crippen molar-refractivity contribution in [1.82, 2.24) is 4.90 Å². The van der Waals surface area contributed by atoms with Crippen molar-refractivity contribution in [2.24, 2.45) is 0 Å². The summed E-state index contributed by atoms with van der Waals surface area (Å²) in [5.41, 5.74) is 0.981. The van der Waals surface area contributed by atoms with Crippen LogP contribution in [0.1, 0.15) is 18.4 Å². The van der Waals surface area contributed by atoms with Crippen LogP contribution in [0.3, 0.4) is 0 Å². The molecule has 0 aliphatic carbocycles. The zero-order valence-electron chi connectivity index (χ0n) is 13.8. The molecule has 4 heteroatoms. The second kappa shape index (κ2) is 6.20. The van der Waals surface area contributed by atoms with Crippen LogP contribution in [0.25, 0.3) is 21.5 Å². The highest BCUT2D eigenvalue weighted by Gasteiger charge is 2.34. The van der Waals surface area contributed by atoms with E-state index in [0.29, 0.717) is 13.0 Å². The Morgan fingerprint density at radius 2 is 1.60 bits per heavy atom. The first-order valence-electron chi connectivity index (χ1n) is 8.57. The van der Waals surface area contributed by atoms with Gasteiger partial charge in [0.25, 0.3) is 0 Å². The second-order valence-corrected chi connectivity index (χ2v) is 6.56. The van der Waals surface area contributed by atoms with Crippen molar-refractivity contribution < 1.29 is 14.7 Å². The second-order valence-electron chi connectivity index (χ2n) is 6.56. The van der Waals surface area contributed by atoms with Gasteiger partial charge in [-0.1, -0.05) is 48.5 Å². The van der Waals surface area contributed by atoms with Gasteiger partial charge >= 0.3 is 5.97 Å². The summed E-state index contributed by atoms with van der Waals surface area (Å²) < 4.78 is 0. The minimum atomic E-state index is -0.909. The van der Waals surface area contributed by atoms with Gasteiger partial charge in [0.2, 0.25) is 5.91 Å². The summed E-state index contributed by atoms with van der Waals surface area (Å²) in [6, 6.07) is 17.5. The minimum absolute atomic E-state index is 0.105. The molecular weight excluding hydrogens is 314 g/mol. The molecule has 3 aromatic rings.